The number of anilines is 1. The summed E-state index contributed by atoms with van der Waals surface area (Å²) in [5.41, 5.74) is 5.51. The van der Waals surface area contributed by atoms with E-state index in [1.165, 1.54) is 0 Å². The van der Waals surface area contributed by atoms with Crippen molar-refractivity contribution in [3.05, 3.63) is 12.3 Å². The number of hydrogen-bond acceptors (Lipinski definition) is 3. The van der Waals surface area contributed by atoms with Crippen LogP contribution in [0.1, 0.15) is 12.8 Å². The molecule has 1 aromatic heterocycles. The third-order valence-corrected chi connectivity index (χ3v) is 2.63. The monoisotopic (exact) mass is 181 g/mol. The molecule has 1 saturated carbocycles. The highest BCUT2D eigenvalue weighted by molar-refractivity contribution is 5.23. The van der Waals surface area contributed by atoms with Gasteiger partial charge in [-0.05, 0) is 24.8 Å². The van der Waals surface area contributed by atoms with Gasteiger partial charge >= 0.3 is 0 Å². The zero-order valence-electron chi connectivity index (χ0n) is 7.81. The summed E-state index contributed by atoms with van der Waals surface area (Å²) in [6.07, 6.45) is 4.69. The molecule has 13 heavy (non-hydrogen) atoms. The van der Waals surface area contributed by atoms with Gasteiger partial charge in [-0.3, -0.25) is 4.68 Å². The molecule has 1 aliphatic rings. The molecule has 4 heteroatoms. The van der Waals surface area contributed by atoms with Crippen molar-refractivity contribution in [1.82, 2.24) is 9.78 Å². The molecule has 1 aliphatic carbocycles. The van der Waals surface area contributed by atoms with Crippen molar-refractivity contribution in [2.75, 3.05) is 12.8 Å². The lowest BCUT2D eigenvalue weighted by Gasteiger charge is -2.33. The molecular formula is C9H15N3O. The summed E-state index contributed by atoms with van der Waals surface area (Å²) >= 11 is 0. The van der Waals surface area contributed by atoms with E-state index in [2.05, 4.69) is 5.10 Å². The molecule has 72 valence electrons. The van der Waals surface area contributed by atoms with Crippen LogP contribution in [0.15, 0.2) is 12.3 Å². The van der Waals surface area contributed by atoms with Crippen molar-refractivity contribution < 1.29 is 4.74 Å². The molecule has 1 heterocycles. The first kappa shape index (κ1) is 8.56. The second-order valence-corrected chi connectivity index (χ2v) is 3.66. The van der Waals surface area contributed by atoms with Gasteiger partial charge in [0.25, 0.3) is 0 Å². The van der Waals surface area contributed by atoms with Gasteiger partial charge in [0.15, 0.2) is 0 Å². The number of methoxy groups -OCH3 is 1. The van der Waals surface area contributed by atoms with Crippen LogP contribution >= 0.6 is 0 Å². The van der Waals surface area contributed by atoms with E-state index in [0.717, 1.165) is 19.4 Å². The fraction of sp³-hybridized carbons (Fsp3) is 0.667. The van der Waals surface area contributed by atoms with E-state index < -0.39 is 0 Å². The zero-order valence-corrected chi connectivity index (χ0v) is 7.81. The van der Waals surface area contributed by atoms with Crippen LogP contribution < -0.4 is 5.73 Å². The summed E-state index contributed by atoms with van der Waals surface area (Å²) in [7, 11) is 1.77. The smallest absolute Gasteiger partial charge is 0.145 e. The third kappa shape index (κ3) is 1.83. The van der Waals surface area contributed by atoms with Gasteiger partial charge in [-0.2, -0.15) is 5.10 Å². The van der Waals surface area contributed by atoms with Crippen LogP contribution in [-0.2, 0) is 11.3 Å². The molecule has 1 aromatic rings. The zero-order chi connectivity index (χ0) is 9.26. The lowest BCUT2D eigenvalue weighted by molar-refractivity contribution is -0.00543. The van der Waals surface area contributed by atoms with Crippen LogP contribution in [0.2, 0.25) is 0 Å². The van der Waals surface area contributed by atoms with E-state index in [1.807, 2.05) is 16.9 Å². The van der Waals surface area contributed by atoms with Crippen molar-refractivity contribution in [3.8, 4) is 0 Å². The molecular weight excluding hydrogens is 166 g/mol. The molecule has 0 unspecified atom stereocenters. The second kappa shape index (κ2) is 3.38. The SMILES string of the molecule is COC1CC(Cn2ccc(N)n2)C1. The van der Waals surface area contributed by atoms with Gasteiger partial charge in [0.2, 0.25) is 0 Å². The van der Waals surface area contributed by atoms with Crippen molar-refractivity contribution >= 4 is 5.82 Å². The number of nitrogens with two attached hydrogens (primary N) is 1. The molecule has 0 bridgehead atoms. The highest BCUT2D eigenvalue weighted by atomic mass is 16.5. The van der Waals surface area contributed by atoms with Gasteiger partial charge in [0.05, 0.1) is 6.10 Å². The van der Waals surface area contributed by atoms with E-state index in [1.54, 1.807) is 7.11 Å². The largest absolute Gasteiger partial charge is 0.382 e. The minimum atomic E-state index is 0.470. The fourth-order valence-corrected chi connectivity index (χ4v) is 1.76. The normalized spacial score (nSPS) is 27.2. The lowest BCUT2D eigenvalue weighted by Crippen LogP contribution is -2.33. The van der Waals surface area contributed by atoms with E-state index in [9.17, 15) is 0 Å². The van der Waals surface area contributed by atoms with Crippen molar-refractivity contribution in [2.45, 2.75) is 25.5 Å². The number of ether oxygens (including phenoxy) is 1. The molecule has 1 fully saturated rings. The Balaban J connectivity index is 1.81. The first-order chi connectivity index (χ1) is 6.28. The number of hydrogen-bond donors (Lipinski definition) is 1. The van der Waals surface area contributed by atoms with E-state index in [4.69, 9.17) is 10.5 Å². The summed E-state index contributed by atoms with van der Waals surface area (Å²) < 4.78 is 7.11. The van der Waals surface area contributed by atoms with Gasteiger partial charge < -0.3 is 10.5 Å². The predicted octanol–water partition coefficient (Wildman–Crippen LogP) is 0.890. The molecule has 0 atom stereocenters. The first-order valence-electron chi connectivity index (χ1n) is 4.59. The molecule has 4 nitrogen and oxygen atoms in total. The Morgan fingerprint density at radius 1 is 1.69 bits per heavy atom. The first-order valence-corrected chi connectivity index (χ1v) is 4.59. The van der Waals surface area contributed by atoms with E-state index in [-0.39, 0.29) is 0 Å². The number of rotatable bonds is 3. The van der Waals surface area contributed by atoms with Gasteiger partial charge in [-0.1, -0.05) is 0 Å². The average Bonchev–Trinajstić information content (AvgIpc) is 2.43. The minimum Gasteiger partial charge on any atom is -0.382 e. The highest BCUT2D eigenvalue weighted by Gasteiger charge is 2.29. The topological polar surface area (TPSA) is 53.1 Å². The number of nitrogens with zero attached hydrogens (tertiary/aromatic N) is 2. The lowest BCUT2D eigenvalue weighted by atomic mass is 9.82. The Bertz CT molecular complexity index is 278. The van der Waals surface area contributed by atoms with Crippen LogP contribution in [0.3, 0.4) is 0 Å². The van der Waals surface area contributed by atoms with Crippen molar-refractivity contribution in [3.63, 3.8) is 0 Å². The van der Waals surface area contributed by atoms with Crippen LogP contribution in [0.4, 0.5) is 5.82 Å². The van der Waals surface area contributed by atoms with Gasteiger partial charge in [-0.15, -0.1) is 0 Å². The maximum atomic E-state index is 5.51. The van der Waals surface area contributed by atoms with Crippen LogP contribution in [0.5, 0.6) is 0 Å². The molecule has 2 N–H and O–H groups in total. The maximum absolute atomic E-state index is 5.51. The molecule has 0 spiro atoms. The minimum absolute atomic E-state index is 0.470. The quantitative estimate of drug-likeness (QED) is 0.753. The summed E-state index contributed by atoms with van der Waals surface area (Å²) in [5.74, 6) is 1.31. The Morgan fingerprint density at radius 2 is 2.46 bits per heavy atom. The Labute approximate surface area is 77.7 Å². The summed E-state index contributed by atoms with van der Waals surface area (Å²) in [4.78, 5) is 0. The van der Waals surface area contributed by atoms with Crippen molar-refractivity contribution in [1.29, 1.82) is 0 Å². The van der Waals surface area contributed by atoms with Crippen LogP contribution in [0.25, 0.3) is 0 Å². The second-order valence-electron chi connectivity index (χ2n) is 3.66. The highest BCUT2D eigenvalue weighted by Crippen LogP contribution is 2.30. The standard InChI is InChI=1S/C9H15N3O/c1-13-8-4-7(5-8)6-12-3-2-9(10)11-12/h2-3,7-8H,4-6H2,1H3,(H2,10,11). The molecule has 0 saturated heterocycles. The van der Waals surface area contributed by atoms with Gasteiger partial charge in [0, 0.05) is 19.9 Å². The number of nitrogen functional groups attached to an aromatic ring is 1. The summed E-state index contributed by atoms with van der Waals surface area (Å²) in [6.45, 7) is 0.969. The third-order valence-electron chi connectivity index (χ3n) is 2.63. The molecule has 2 rings (SSSR count). The average molecular weight is 181 g/mol. The number of aromatic nitrogens is 2. The fourth-order valence-electron chi connectivity index (χ4n) is 1.76. The van der Waals surface area contributed by atoms with Gasteiger partial charge in [-0.25, -0.2) is 0 Å². The van der Waals surface area contributed by atoms with E-state index >= 15 is 0 Å². The molecule has 0 aromatic carbocycles. The predicted molar refractivity (Wildman–Crippen MR) is 50.2 cm³/mol. The van der Waals surface area contributed by atoms with Crippen LogP contribution in [0, 0.1) is 5.92 Å². The van der Waals surface area contributed by atoms with Gasteiger partial charge in [0.1, 0.15) is 5.82 Å². The van der Waals surface area contributed by atoms with Crippen molar-refractivity contribution in [2.24, 2.45) is 5.92 Å². The Morgan fingerprint density at radius 3 is 3.00 bits per heavy atom. The maximum Gasteiger partial charge on any atom is 0.145 e. The summed E-state index contributed by atoms with van der Waals surface area (Å²) in [5, 5.41) is 4.14. The van der Waals surface area contributed by atoms with Crippen LogP contribution in [-0.4, -0.2) is 23.0 Å². The summed E-state index contributed by atoms with van der Waals surface area (Å²) in [6, 6.07) is 1.83. The molecule has 0 aliphatic heterocycles. The Hall–Kier alpha value is -1.03. The van der Waals surface area contributed by atoms with E-state index in [0.29, 0.717) is 17.8 Å². The molecule has 0 amide bonds. The Kier molecular flexibility index (Phi) is 2.22. The molecule has 0 radical (unpaired) electrons.